The van der Waals surface area contributed by atoms with Gasteiger partial charge in [0, 0.05) is 12.4 Å². The average molecular weight is 199 g/mol. The molecule has 0 aliphatic heterocycles. The van der Waals surface area contributed by atoms with E-state index >= 15 is 0 Å². The van der Waals surface area contributed by atoms with E-state index in [0.717, 1.165) is 5.52 Å². The Hall–Kier alpha value is -2.23. The van der Waals surface area contributed by atoms with Gasteiger partial charge >= 0.3 is 0 Å². The van der Waals surface area contributed by atoms with E-state index < -0.39 is 0 Å². The van der Waals surface area contributed by atoms with Gasteiger partial charge in [-0.3, -0.25) is 14.8 Å². The zero-order valence-corrected chi connectivity index (χ0v) is 7.97. The van der Waals surface area contributed by atoms with Crippen LogP contribution in [0.25, 0.3) is 11.0 Å². The average Bonchev–Trinajstić information content (AvgIpc) is 2.29. The van der Waals surface area contributed by atoms with E-state index in [4.69, 9.17) is 0 Å². The Morgan fingerprint density at radius 2 is 2.20 bits per heavy atom. The predicted molar refractivity (Wildman–Crippen MR) is 58.4 cm³/mol. The summed E-state index contributed by atoms with van der Waals surface area (Å²) >= 11 is 0. The summed E-state index contributed by atoms with van der Waals surface area (Å²) in [4.78, 5) is 19.4. The van der Waals surface area contributed by atoms with Gasteiger partial charge in [0.25, 0.3) is 0 Å². The third-order valence-electron chi connectivity index (χ3n) is 1.94. The van der Waals surface area contributed by atoms with E-state index in [2.05, 4.69) is 21.9 Å². The van der Waals surface area contributed by atoms with Gasteiger partial charge in [-0.1, -0.05) is 6.58 Å². The van der Waals surface area contributed by atoms with Crippen LogP contribution in [-0.4, -0.2) is 15.9 Å². The van der Waals surface area contributed by atoms with Crippen LogP contribution < -0.4 is 5.32 Å². The molecule has 2 heterocycles. The number of nitrogens with zero attached hydrogens (tertiary/aromatic N) is 2. The molecule has 0 unspecified atom stereocenters. The molecule has 1 amide bonds. The Balaban J connectivity index is 2.51. The summed E-state index contributed by atoms with van der Waals surface area (Å²) in [7, 11) is 0. The molecule has 0 aromatic carbocycles. The lowest BCUT2D eigenvalue weighted by molar-refractivity contribution is -0.111. The van der Waals surface area contributed by atoms with E-state index in [-0.39, 0.29) is 5.91 Å². The number of pyridine rings is 2. The molecule has 0 fully saturated rings. The number of amides is 1. The van der Waals surface area contributed by atoms with Crippen molar-refractivity contribution in [2.45, 2.75) is 0 Å². The topological polar surface area (TPSA) is 54.9 Å². The second kappa shape index (κ2) is 3.88. The highest BCUT2D eigenvalue weighted by Crippen LogP contribution is 2.17. The molecular weight excluding hydrogens is 190 g/mol. The Morgan fingerprint density at radius 1 is 1.33 bits per heavy atom. The number of carbonyl (C=O) groups is 1. The minimum absolute atomic E-state index is 0.256. The SMILES string of the molecule is C=CC(=O)Nc1ccnc2cccnc12. The lowest BCUT2D eigenvalue weighted by Gasteiger charge is -2.04. The number of hydrogen-bond donors (Lipinski definition) is 1. The van der Waals surface area contributed by atoms with Crippen molar-refractivity contribution in [3.63, 3.8) is 0 Å². The molecule has 0 saturated heterocycles. The molecule has 2 aromatic rings. The molecule has 4 heteroatoms. The van der Waals surface area contributed by atoms with Gasteiger partial charge in [0.1, 0.15) is 5.52 Å². The van der Waals surface area contributed by atoms with Crippen molar-refractivity contribution in [3.05, 3.63) is 43.2 Å². The standard InChI is InChI=1S/C11H9N3O/c1-2-10(15)14-9-5-7-12-8-4-3-6-13-11(8)9/h2-7H,1H2,(H,12,14,15). The van der Waals surface area contributed by atoms with Crippen molar-refractivity contribution < 1.29 is 4.79 Å². The number of aromatic nitrogens is 2. The van der Waals surface area contributed by atoms with Crippen molar-refractivity contribution in [3.8, 4) is 0 Å². The van der Waals surface area contributed by atoms with E-state index in [0.29, 0.717) is 11.2 Å². The zero-order chi connectivity index (χ0) is 10.7. The molecule has 15 heavy (non-hydrogen) atoms. The highest BCUT2D eigenvalue weighted by molar-refractivity contribution is 6.03. The van der Waals surface area contributed by atoms with Crippen molar-refractivity contribution >= 4 is 22.6 Å². The Morgan fingerprint density at radius 3 is 3.00 bits per heavy atom. The van der Waals surface area contributed by atoms with Crippen molar-refractivity contribution in [1.82, 2.24) is 9.97 Å². The lowest BCUT2D eigenvalue weighted by Crippen LogP contribution is -2.08. The first-order chi connectivity index (χ1) is 7.31. The molecule has 0 atom stereocenters. The minimum Gasteiger partial charge on any atom is -0.321 e. The van der Waals surface area contributed by atoms with Crippen LogP contribution in [0.2, 0.25) is 0 Å². The number of hydrogen-bond acceptors (Lipinski definition) is 3. The summed E-state index contributed by atoms with van der Waals surface area (Å²) in [6, 6.07) is 5.34. The summed E-state index contributed by atoms with van der Waals surface area (Å²) in [5.74, 6) is -0.256. The largest absolute Gasteiger partial charge is 0.321 e. The lowest BCUT2D eigenvalue weighted by atomic mass is 10.3. The number of rotatable bonds is 2. The van der Waals surface area contributed by atoms with Crippen molar-refractivity contribution in [2.75, 3.05) is 5.32 Å². The highest BCUT2D eigenvalue weighted by Gasteiger charge is 2.03. The molecule has 0 saturated carbocycles. The molecule has 4 nitrogen and oxygen atoms in total. The summed E-state index contributed by atoms with van der Waals surface area (Å²) < 4.78 is 0. The molecule has 1 N–H and O–H groups in total. The third-order valence-corrected chi connectivity index (χ3v) is 1.94. The van der Waals surface area contributed by atoms with Crippen LogP contribution in [0.15, 0.2) is 43.2 Å². The Kier molecular flexibility index (Phi) is 2.41. The van der Waals surface area contributed by atoms with Gasteiger partial charge in [0.05, 0.1) is 11.2 Å². The first-order valence-electron chi connectivity index (χ1n) is 4.44. The van der Waals surface area contributed by atoms with E-state index in [1.54, 1.807) is 24.5 Å². The van der Waals surface area contributed by atoms with Crippen LogP contribution in [0.5, 0.6) is 0 Å². The Bertz CT molecular complexity index is 517. The van der Waals surface area contributed by atoms with Crippen molar-refractivity contribution in [1.29, 1.82) is 0 Å². The summed E-state index contributed by atoms with van der Waals surface area (Å²) in [6.07, 6.45) is 4.51. The normalized spacial score (nSPS) is 9.87. The molecule has 0 aliphatic rings. The maximum Gasteiger partial charge on any atom is 0.247 e. The van der Waals surface area contributed by atoms with Crippen molar-refractivity contribution in [2.24, 2.45) is 0 Å². The van der Waals surface area contributed by atoms with Crippen LogP contribution in [0, 0.1) is 0 Å². The fourth-order valence-electron chi connectivity index (χ4n) is 1.26. The van der Waals surface area contributed by atoms with Gasteiger partial charge < -0.3 is 5.32 Å². The highest BCUT2D eigenvalue weighted by atomic mass is 16.1. The molecule has 74 valence electrons. The number of fused-ring (bicyclic) bond motifs is 1. The first kappa shape index (κ1) is 9.33. The fourth-order valence-corrected chi connectivity index (χ4v) is 1.26. The van der Waals surface area contributed by atoms with Gasteiger partial charge in [-0.2, -0.15) is 0 Å². The van der Waals surface area contributed by atoms with Gasteiger partial charge in [-0.25, -0.2) is 0 Å². The fraction of sp³-hybridized carbons (Fsp3) is 0. The van der Waals surface area contributed by atoms with Crippen LogP contribution in [0.3, 0.4) is 0 Å². The van der Waals surface area contributed by atoms with Crippen LogP contribution in [0.1, 0.15) is 0 Å². The molecule has 0 aliphatic carbocycles. The quantitative estimate of drug-likeness (QED) is 0.750. The smallest absolute Gasteiger partial charge is 0.247 e. The third kappa shape index (κ3) is 1.83. The number of nitrogens with one attached hydrogen (secondary N) is 1. The van der Waals surface area contributed by atoms with Gasteiger partial charge in [0.2, 0.25) is 5.91 Å². The van der Waals surface area contributed by atoms with Gasteiger partial charge in [0.15, 0.2) is 0 Å². The summed E-state index contributed by atoms with van der Waals surface area (Å²) in [6.45, 7) is 3.39. The van der Waals surface area contributed by atoms with E-state index in [1.165, 1.54) is 6.08 Å². The van der Waals surface area contributed by atoms with Gasteiger partial charge in [-0.05, 0) is 24.3 Å². The van der Waals surface area contributed by atoms with Crippen LogP contribution >= 0.6 is 0 Å². The monoisotopic (exact) mass is 199 g/mol. The first-order valence-corrected chi connectivity index (χ1v) is 4.44. The Labute approximate surface area is 86.7 Å². The summed E-state index contributed by atoms with van der Waals surface area (Å²) in [5, 5.41) is 2.68. The minimum atomic E-state index is -0.256. The predicted octanol–water partition coefficient (Wildman–Crippen LogP) is 1.75. The molecular formula is C11H9N3O. The molecule has 0 spiro atoms. The van der Waals surface area contributed by atoms with Crippen LogP contribution in [0.4, 0.5) is 5.69 Å². The maximum absolute atomic E-state index is 11.1. The zero-order valence-electron chi connectivity index (χ0n) is 7.97. The maximum atomic E-state index is 11.1. The second-order valence-electron chi connectivity index (χ2n) is 2.92. The van der Waals surface area contributed by atoms with Crippen LogP contribution in [-0.2, 0) is 4.79 Å². The molecule has 2 aromatic heterocycles. The summed E-state index contributed by atoms with van der Waals surface area (Å²) in [5.41, 5.74) is 2.07. The molecule has 2 rings (SSSR count). The number of carbonyl (C=O) groups excluding carboxylic acids is 1. The van der Waals surface area contributed by atoms with E-state index in [9.17, 15) is 4.79 Å². The second-order valence-corrected chi connectivity index (χ2v) is 2.92. The molecule has 0 bridgehead atoms. The van der Waals surface area contributed by atoms with Gasteiger partial charge in [-0.15, -0.1) is 0 Å². The molecule has 0 radical (unpaired) electrons. The van der Waals surface area contributed by atoms with E-state index in [1.807, 2.05) is 6.07 Å². The number of anilines is 1.